The van der Waals surface area contributed by atoms with Gasteiger partial charge < -0.3 is 20.5 Å². The molecule has 1 heterocycles. The summed E-state index contributed by atoms with van der Waals surface area (Å²) in [7, 11) is 0. The third-order valence-electron chi connectivity index (χ3n) is 2.99. The second-order valence-corrected chi connectivity index (χ2v) is 4.43. The zero-order valence-electron chi connectivity index (χ0n) is 10.4. The molecule has 0 bridgehead atoms. The summed E-state index contributed by atoms with van der Waals surface area (Å²) in [6.45, 7) is 2.50. The molecular weight excluding hydrogens is 232 g/mol. The average Bonchev–Trinajstić information content (AvgIpc) is 2.37. The Labute approximate surface area is 106 Å². The van der Waals surface area contributed by atoms with Crippen molar-refractivity contribution in [2.24, 2.45) is 5.73 Å². The van der Waals surface area contributed by atoms with E-state index in [2.05, 4.69) is 0 Å². The largest absolute Gasteiger partial charge is 0.482 e. The molecule has 18 heavy (non-hydrogen) atoms. The first-order chi connectivity index (χ1) is 8.63. The van der Waals surface area contributed by atoms with Gasteiger partial charge in [-0.3, -0.25) is 4.79 Å². The van der Waals surface area contributed by atoms with E-state index in [9.17, 15) is 4.79 Å². The van der Waals surface area contributed by atoms with Crippen molar-refractivity contribution in [3.8, 4) is 5.75 Å². The number of ether oxygens (including phenoxy) is 1. The second kappa shape index (κ2) is 5.37. The fourth-order valence-electron chi connectivity index (χ4n) is 1.98. The number of nitrogens with two attached hydrogens (primary N) is 1. The van der Waals surface area contributed by atoms with Gasteiger partial charge in [0.15, 0.2) is 6.61 Å². The van der Waals surface area contributed by atoms with Gasteiger partial charge in [0.2, 0.25) is 0 Å². The van der Waals surface area contributed by atoms with Crippen molar-refractivity contribution in [2.45, 2.75) is 19.4 Å². The van der Waals surface area contributed by atoms with Crippen LogP contribution in [-0.2, 0) is 4.79 Å². The van der Waals surface area contributed by atoms with Crippen LogP contribution in [0.5, 0.6) is 5.75 Å². The molecule has 0 spiro atoms. The number of amides is 1. The second-order valence-electron chi connectivity index (χ2n) is 4.43. The molecule has 3 N–H and O–H groups in total. The highest BCUT2D eigenvalue weighted by molar-refractivity contribution is 5.97. The van der Waals surface area contributed by atoms with Crippen LogP contribution in [0.2, 0.25) is 0 Å². The summed E-state index contributed by atoms with van der Waals surface area (Å²) in [6.07, 6.45) is 0.549. The van der Waals surface area contributed by atoms with Gasteiger partial charge in [0.25, 0.3) is 5.91 Å². The number of nitrogens with zero attached hydrogens (tertiary/aromatic N) is 1. The smallest absolute Gasteiger partial charge is 0.265 e. The summed E-state index contributed by atoms with van der Waals surface area (Å²) >= 11 is 0. The molecule has 98 valence electrons. The Bertz CT molecular complexity index is 446. The first kappa shape index (κ1) is 12.9. The van der Waals surface area contributed by atoms with Crippen molar-refractivity contribution in [1.82, 2.24) is 0 Å². The Morgan fingerprint density at radius 3 is 3.00 bits per heavy atom. The number of hydrogen-bond donors (Lipinski definition) is 2. The number of anilines is 1. The molecule has 1 aromatic carbocycles. The minimum absolute atomic E-state index is 0.0515. The van der Waals surface area contributed by atoms with E-state index in [-0.39, 0.29) is 25.2 Å². The van der Waals surface area contributed by atoms with Crippen LogP contribution in [0.4, 0.5) is 5.69 Å². The molecule has 0 aromatic heterocycles. The number of aliphatic hydroxyl groups is 1. The third kappa shape index (κ3) is 2.47. The van der Waals surface area contributed by atoms with Crippen molar-refractivity contribution in [3.05, 3.63) is 23.8 Å². The molecule has 1 aliphatic heterocycles. The highest BCUT2D eigenvalue weighted by atomic mass is 16.5. The summed E-state index contributed by atoms with van der Waals surface area (Å²) in [4.78, 5) is 13.5. The van der Waals surface area contributed by atoms with Gasteiger partial charge >= 0.3 is 0 Å². The molecule has 5 nitrogen and oxygen atoms in total. The highest BCUT2D eigenvalue weighted by Gasteiger charge is 2.25. The number of rotatable bonds is 4. The minimum atomic E-state index is -0.0907. The number of fused-ring (bicyclic) bond motifs is 1. The lowest BCUT2D eigenvalue weighted by Crippen LogP contribution is -2.39. The van der Waals surface area contributed by atoms with Crippen molar-refractivity contribution in [1.29, 1.82) is 0 Å². The molecule has 0 fully saturated rings. The lowest BCUT2D eigenvalue weighted by atomic mass is 10.1. The van der Waals surface area contributed by atoms with Gasteiger partial charge in [0, 0.05) is 19.2 Å². The zero-order valence-corrected chi connectivity index (χ0v) is 10.4. The number of carbonyl (C=O) groups excluding carboxylic acids is 1. The Morgan fingerprint density at radius 1 is 1.56 bits per heavy atom. The van der Waals surface area contributed by atoms with Crippen molar-refractivity contribution >= 4 is 11.6 Å². The molecule has 5 heteroatoms. The van der Waals surface area contributed by atoms with Crippen molar-refractivity contribution < 1.29 is 14.6 Å². The fourth-order valence-corrected chi connectivity index (χ4v) is 1.98. The maximum Gasteiger partial charge on any atom is 0.265 e. The summed E-state index contributed by atoms with van der Waals surface area (Å²) in [6, 6.07) is 5.54. The Morgan fingerprint density at radius 2 is 2.33 bits per heavy atom. The molecule has 2 rings (SSSR count). The van der Waals surface area contributed by atoms with Gasteiger partial charge in [0.05, 0.1) is 5.69 Å². The molecule has 1 amide bonds. The number of benzene rings is 1. The maximum atomic E-state index is 11.8. The van der Waals surface area contributed by atoms with Crippen LogP contribution in [0.25, 0.3) is 0 Å². The van der Waals surface area contributed by atoms with Crippen molar-refractivity contribution in [2.75, 3.05) is 24.7 Å². The van der Waals surface area contributed by atoms with Gasteiger partial charge in [-0.2, -0.15) is 0 Å². The average molecular weight is 250 g/mol. The van der Waals surface area contributed by atoms with E-state index in [4.69, 9.17) is 15.6 Å². The summed E-state index contributed by atoms with van der Waals surface area (Å²) in [5.74, 6) is 0.606. The van der Waals surface area contributed by atoms with Crippen LogP contribution < -0.4 is 15.4 Å². The maximum absolute atomic E-state index is 11.8. The molecule has 1 aliphatic rings. The Hall–Kier alpha value is -1.59. The van der Waals surface area contributed by atoms with E-state index >= 15 is 0 Å². The van der Waals surface area contributed by atoms with Crippen molar-refractivity contribution in [3.63, 3.8) is 0 Å². The van der Waals surface area contributed by atoms with Crippen LogP contribution in [0, 0.1) is 0 Å². The van der Waals surface area contributed by atoms with E-state index in [0.29, 0.717) is 18.7 Å². The topological polar surface area (TPSA) is 75.8 Å². The van der Waals surface area contributed by atoms with E-state index in [0.717, 1.165) is 11.3 Å². The molecular formula is C13H18N2O3. The first-order valence-corrected chi connectivity index (χ1v) is 6.07. The van der Waals surface area contributed by atoms with Gasteiger partial charge in [-0.15, -0.1) is 0 Å². The molecule has 1 aromatic rings. The van der Waals surface area contributed by atoms with E-state index in [1.807, 2.05) is 25.1 Å². The van der Waals surface area contributed by atoms with E-state index in [1.165, 1.54) is 0 Å². The molecule has 0 saturated carbocycles. The van der Waals surface area contributed by atoms with Crippen LogP contribution in [0.1, 0.15) is 24.9 Å². The lowest BCUT2D eigenvalue weighted by Gasteiger charge is -2.30. The third-order valence-corrected chi connectivity index (χ3v) is 2.99. The predicted molar refractivity (Wildman–Crippen MR) is 68.6 cm³/mol. The molecule has 0 radical (unpaired) electrons. The minimum Gasteiger partial charge on any atom is -0.482 e. The summed E-state index contributed by atoms with van der Waals surface area (Å²) in [5, 5.41) is 8.88. The number of carbonyl (C=O) groups is 1. The van der Waals surface area contributed by atoms with Gasteiger partial charge in [0.1, 0.15) is 5.75 Å². The number of hydrogen-bond acceptors (Lipinski definition) is 4. The quantitative estimate of drug-likeness (QED) is 0.829. The first-order valence-electron chi connectivity index (χ1n) is 6.07. The van der Waals surface area contributed by atoms with Crippen LogP contribution in [0.3, 0.4) is 0 Å². The predicted octanol–water partition coefficient (Wildman–Crippen LogP) is 0.814. The normalized spacial score (nSPS) is 16.2. The molecule has 1 unspecified atom stereocenters. The van der Waals surface area contributed by atoms with Crippen LogP contribution >= 0.6 is 0 Å². The molecule has 0 saturated heterocycles. The summed E-state index contributed by atoms with van der Waals surface area (Å²) < 4.78 is 5.39. The highest BCUT2D eigenvalue weighted by Crippen LogP contribution is 2.34. The standard InChI is InChI=1S/C13H18N2O3/c1-9(14)10-3-4-12-11(7-10)15(5-2-6-16)13(17)8-18-12/h3-4,7,9,16H,2,5-6,8,14H2,1H3. The Kier molecular flexibility index (Phi) is 3.84. The lowest BCUT2D eigenvalue weighted by molar-refractivity contribution is -0.121. The Balaban J connectivity index is 2.33. The molecule has 1 atom stereocenters. The SMILES string of the molecule is CC(N)c1ccc2c(c1)N(CCCO)C(=O)CO2. The number of aliphatic hydroxyl groups excluding tert-OH is 1. The monoisotopic (exact) mass is 250 g/mol. The summed E-state index contributed by atoms with van der Waals surface area (Å²) in [5.41, 5.74) is 7.55. The molecule has 0 aliphatic carbocycles. The fraction of sp³-hybridized carbons (Fsp3) is 0.462. The zero-order chi connectivity index (χ0) is 13.1. The van der Waals surface area contributed by atoms with Crippen LogP contribution in [0.15, 0.2) is 18.2 Å². The van der Waals surface area contributed by atoms with Crippen LogP contribution in [-0.4, -0.2) is 30.8 Å². The van der Waals surface area contributed by atoms with Gasteiger partial charge in [-0.1, -0.05) is 6.07 Å². The van der Waals surface area contributed by atoms with Gasteiger partial charge in [-0.05, 0) is 31.0 Å². The van der Waals surface area contributed by atoms with E-state index in [1.54, 1.807) is 4.90 Å². The van der Waals surface area contributed by atoms with E-state index < -0.39 is 0 Å². The van der Waals surface area contributed by atoms with Gasteiger partial charge in [-0.25, -0.2) is 0 Å².